The van der Waals surface area contributed by atoms with Crippen molar-refractivity contribution in [3.05, 3.63) is 30.2 Å². The standard InChI is InChI=1S/C15H18N2O4S/c1-4-20-15(19)21-14-6-13(18)11(5-10(14)9(2)3)12-7-16-8-17(12)22/h5-9,18,22H,4H2,1-3H3. The van der Waals surface area contributed by atoms with Crippen LogP contribution in [0.3, 0.4) is 0 Å². The Kier molecular flexibility index (Phi) is 4.97. The fourth-order valence-corrected chi connectivity index (χ4v) is 2.27. The van der Waals surface area contributed by atoms with Crippen molar-refractivity contribution < 1.29 is 19.4 Å². The molecule has 0 saturated carbocycles. The highest BCUT2D eigenvalue weighted by Crippen LogP contribution is 2.38. The Bertz CT molecular complexity index is 682. The number of phenolic OH excluding ortho intramolecular Hbond substituents is 1. The first kappa shape index (κ1) is 16.2. The Hall–Kier alpha value is -2.15. The highest BCUT2D eigenvalue weighted by atomic mass is 32.1. The van der Waals surface area contributed by atoms with E-state index in [-0.39, 0.29) is 24.0 Å². The Morgan fingerprint density at radius 3 is 2.73 bits per heavy atom. The van der Waals surface area contributed by atoms with Gasteiger partial charge in [0.05, 0.1) is 18.5 Å². The molecule has 0 atom stereocenters. The van der Waals surface area contributed by atoms with E-state index in [1.165, 1.54) is 16.4 Å². The summed E-state index contributed by atoms with van der Waals surface area (Å²) in [4.78, 5) is 15.5. The molecule has 22 heavy (non-hydrogen) atoms. The lowest BCUT2D eigenvalue weighted by atomic mass is 9.98. The first-order valence-electron chi connectivity index (χ1n) is 6.87. The van der Waals surface area contributed by atoms with Gasteiger partial charge in [0.15, 0.2) is 0 Å². The molecule has 0 radical (unpaired) electrons. The van der Waals surface area contributed by atoms with Gasteiger partial charge >= 0.3 is 6.16 Å². The van der Waals surface area contributed by atoms with Crippen LogP contribution in [0.4, 0.5) is 4.79 Å². The summed E-state index contributed by atoms with van der Waals surface area (Å²) >= 11 is 4.24. The summed E-state index contributed by atoms with van der Waals surface area (Å²) in [5, 5.41) is 10.2. The second-order valence-corrected chi connectivity index (χ2v) is 5.40. The molecule has 2 aromatic rings. The molecule has 0 bridgehead atoms. The highest BCUT2D eigenvalue weighted by Gasteiger charge is 2.18. The van der Waals surface area contributed by atoms with Crippen molar-refractivity contribution in [2.75, 3.05) is 6.61 Å². The minimum Gasteiger partial charge on any atom is -0.507 e. The van der Waals surface area contributed by atoms with Crippen LogP contribution in [0.5, 0.6) is 11.5 Å². The Labute approximate surface area is 134 Å². The van der Waals surface area contributed by atoms with Crippen molar-refractivity contribution in [1.82, 2.24) is 8.96 Å². The summed E-state index contributed by atoms with van der Waals surface area (Å²) < 4.78 is 11.4. The Balaban J connectivity index is 2.47. The molecule has 1 heterocycles. The zero-order valence-corrected chi connectivity index (χ0v) is 13.5. The van der Waals surface area contributed by atoms with Gasteiger partial charge in [-0.25, -0.2) is 9.78 Å². The lowest BCUT2D eigenvalue weighted by Gasteiger charge is -2.15. The molecule has 0 aliphatic heterocycles. The maximum absolute atomic E-state index is 11.5. The van der Waals surface area contributed by atoms with E-state index < -0.39 is 6.16 Å². The van der Waals surface area contributed by atoms with Crippen molar-refractivity contribution >= 4 is 19.0 Å². The molecule has 0 amide bonds. The van der Waals surface area contributed by atoms with Crippen molar-refractivity contribution in [1.29, 1.82) is 0 Å². The lowest BCUT2D eigenvalue weighted by molar-refractivity contribution is 0.104. The van der Waals surface area contributed by atoms with Gasteiger partial charge in [-0.05, 0) is 24.5 Å². The third kappa shape index (κ3) is 3.36. The summed E-state index contributed by atoms with van der Waals surface area (Å²) in [6, 6.07) is 3.17. The van der Waals surface area contributed by atoms with Crippen molar-refractivity contribution in [3.63, 3.8) is 0 Å². The number of phenols is 1. The smallest absolute Gasteiger partial charge is 0.507 e. The van der Waals surface area contributed by atoms with E-state index in [0.29, 0.717) is 11.3 Å². The van der Waals surface area contributed by atoms with Crippen LogP contribution in [0.1, 0.15) is 32.3 Å². The van der Waals surface area contributed by atoms with E-state index >= 15 is 0 Å². The molecule has 0 aliphatic carbocycles. The summed E-state index contributed by atoms with van der Waals surface area (Å²) in [5.74, 6) is 0.333. The maximum atomic E-state index is 11.5. The number of aromatic nitrogens is 2. The van der Waals surface area contributed by atoms with Crippen molar-refractivity contribution in [2.45, 2.75) is 26.7 Å². The summed E-state index contributed by atoms with van der Waals surface area (Å²) in [7, 11) is 0. The van der Waals surface area contributed by atoms with Crippen LogP contribution in [-0.2, 0) is 4.74 Å². The second kappa shape index (κ2) is 6.74. The molecule has 7 heteroatoms. The van der Waals surface area contributed by atoms with E-state index in [1.807, 2.05) is 13.8 Å². The van der Waals surface area contributed by atoms with Crippen LogP contribution in [0.25, 0.3) is 11.3 Å². The number of rotatable bonds is 4. The zero-order valence-electron chi connectivity index (χ0n) is 12.6. The molecular weight excluding hydrogens is 304 g/mol. The van der Waals surface area contributed by atoms with Crippen LogP contribution in [0.2, 0.25) is 0 Å². The Morgan fingerprint density at radius 2 is 2.18 bits per heavy atom. The van der Waals surface area contributed by atoms with Gasteiger partial charge in [0, 0.05) is 11.6 Å². The largest absolute Gasteiger partial charge is 0.513 e. The average molecular weight is 322 g/mol. The van der Waals surface area contributed by atoms with E-state index in [0.717, 1.165) is 5.56 Å². The number of thiol groups is 1. The minimum absolute atomic E-state index is 0.0282. The number of hydrogen-bond acceptors (Lipinski definition) is 6. The molecule has 1 aromatic carbocycles. The predicted octanol–water partition coefficient (Wildman–Crippen LogP) is 3.61. The number of benzene rings is 1. The molecule has 0 unspecified atom stereocenters. The van der Waals surface area contributed by atoms with E-state index in [1.54, 1.807) is 19.2 Å². The fraction of sp³-hybridized carbons (Fsp3) is 0.333. The quantitative estimate of drug-likeness (QED) is 0.511. The SMILES string of the molecule is CCOC(=O)Oc1cc(O)c(-c2cncn2S)cc1C(C)C. The molecule has 0 spiro atoms. The summed E-state index contributed by atoms with van der Waals surface area (Å²) in [6.45, 7) is 5.84. The number of aromatic hydroxyl groups is 1. The van der Waals surface area contributed by atoms with Gasteiger partial charge in [-0.1, -0.05) is 26.7 Å². The number of carbonyl (C=O) groups is 1. The molecule has 0 aliphatic rings. The first-order chi connectivity index (χ1) is 10.4. The molecule has 0 fully saturated rings. The van der Waals surface area contributed by atoms with Crippen molar-refractivity contribution in [2.24, 2.45) is 0 Å². The third-order valence-electron chi connectivity index (χ3n) is 3.10. The van der Waals surface area contributed by atoms with Crippen LogP contribution in [0.15, 0.2) is 24.7 Å². The second-order valence-electron chi connectivity index (χ2n) is 4.97. The number of ether oxygens (including phenoxy) is 2. The van der Waals surface area contributed by atoms with Crippen molar-refractivity contribution in [3.8, 4) is 22.8 Å². The highest BCUT2D eigenvalue weighted by molar-refractivity contribution is 7.78. The van der Waals surface area contributed by atoms with Gasteiger partial charge in [0.25, 0.3) is 0 Å². The van der Waals surface area contributed by atoms with E-state index in [4.69, 9.17) is 9.47 Å². The number of hydrogen-bond donors (Lipinski definition) is 2. The normalized spacial score (nSPS) is 10.8. The predicted molar refractivity (Wildman–Crippen MR) is 85.5 cm³/mol. The van der Waals surface area contributed by atoms with Crippen LogP contribution in [0, 0.1) is 0 Å². The summed E-state index contributed by atoms with van der Waals surface area (Å²) in [6.07, 6.45) is 2.32. The Morgan fingerprint density at radius 1 is 1.45 bits per heavy atom. The van der Waals surface area contributed by atoms with Gasteiger partial charge in [0.2, 0.25) is 0 Å². The molecule has 1 aromatic heterocycles. The molecule has 118 valence electrons. The average Bonchev–Trinajstić information content (AvgIpc) is 2.85. The van der Waals surface area contributed by atoms with Gasteiger partial charge in [0.1, 0.15) is 17.8 Å². The molecule has 1 N–H and O–H groups in total. The molecular formula is C15H18N2O4S. The van der Waals surface area contributed by atoms with Gasteiger partial charge in [-0.3, -0.25) is 3.97 Å². The van der Waals surface area contributed by atoms with Gasteiger partial charge < -0.3 is 14.6 Å². The maximum Gasteiger partial charge on any atom is 0.513 e. The topological polar surface area (TPSA) is 73.6 Å². The molecule has 0 saturated heterocycles. The van der Waals surface area contributed by atoms with Gasteiger partial charge in [-0.2, -0.15) is 0 Å². The number of nitrogens with zero attached hydrogens (tertiary/aromatic N) is 2. The van der Waals surface area contributed by atoms with E-state index in [2.05, 4.69) is 17.8 Å². The van der Waals surface area contributed by atoms with Crippen LogP contribution in [-0.4, -0.2) is 26.8 Å². The van der Waals surface area contributed by atoms with Crippen LogP contribution < -0.4 is 4.74 Å². The minimum atomic E-state index is -0.796. The third-order valence-corrected chi connectivity index (χ3v) is 3.42. The number of imidazole rings is 1. The summed E-state index contributed by atoms with van der Waals surface area (Å²) in [5.41, 5.74) is 1.98. The van der Waals surface area contributed by atoms with Crippen LogP contribution >= 0.6 is 12.8 Å². The zero-order chi connectivity index (χ0) is 16.3. The first-order valence-corrected chi connectivity index (χ1v) is 7.27. The molecule has 6 nitrogen and oxygen atoms in total. The monoisotopic (exact) mass is 322 g/mol. The van der Waals surface area contributed by atoms with E-state index in [9.17, 15) is 9.90 Å². The fourth-order valence-electron chi connectivity index (χ4n) is 2.05. The molecule has 2 rings (SSSR count). The number of carbonyl (C=O) groups excluding carboxylic acids is 1. The lowest BCUT2D eigenvalue weighted by Crippen LogP contribution is -2.11. The van der Waals surface area contributed by atoms with Gasteiger partial charge in [-0.15, -0.1) is 0 Å².